The van der Waals surface area contributed by atoms with Gasteiger partial charge in [0.1, 0.15) is 29.8 Å². The maximum atomic E-state index is 10.3. The van der Waals surface area contributed by atoms with Gasteiger partial charge in [0, 0.05) is 18.4 Å². The highest BCUT2D eigenvalue weighted by molar-refractivity contribution is 6.33. The van der Waals surface area contributed by atoms with E-state index in [2.05, 4.69) is 0 Å². The van der Waals surface area contributed by atoms with E-state index in [0.717, 1.165) is 28.0 Å². The highest BCUT2D eigenvalue weighted by Gasteiger charge is 2.39. The Morgan fingerprint density at radius 3 is 2.60 bits per heavy atom. The minimum atomic E-state index is -1.11. The second kappa shape index (κ2) is 8.73. The molecule has 0 spiro atoms. The van der Waals surface area contributed by atoms with E-state index in [-0.39, 0.29) is 19.1 Å². The summed E-state index contributed by atoms with van der Waals surface area (Å²) in [6, 6.07) is 9.80. The standard InChI is InChI=1S/C23H27ClO6/c1-12-7-17-16(19-10-18(26)22(27)20(11-25)30-19)9-14(21(24)23(17)29-12)8-13-3-5-15(28-2)6-4-13/h3-6,9,12,18-20,22,25-27H,7-8,10-11H2,1-2H3/t12?,18?,19?,20?,22-/m0/s1. The maximum Gasteiger partial charge on any atom is 0.142 e. The van der Waals surface area contributed by atoms with Crippen molar-refractivity contribution in [2.75, 3.05) is 13.7 Å². The van der Waals surface area contributed by atoms with Crippen molar-refractivity contribution in [3.05, 3.63) is 57.6 Å². The van der Waals surface area contributed by atoms with Gasteiger partial charge in [-0.3, -0.25) is 0 Å². The van der Waals surface area contributed by atoms with Crippen molar-refractivity contribution < 1.29 is 29.5 Å². The molecule has 7 heteroatoms. The number of hydrogen-bond acceptors (Lipinski definition) is 6. The van der Waals surface area contributed by atoms with E-state index in [9.17, 15) is 15.3 Å². The Bertz CT molecular complexity index is 900. The monoisotopic (exact) mass is 434 g/mol. The van der Waals surface area contributed by atoms with Gasteiger partial charge in [0.2, 0.25) is 0 Å². The van der Waals surface area contributed by atoms with E-state index in [4.69, 9.17) is 25.8 Å². The fourth-order valence-electron chi connectivity index (χ4n) is 4.30. The van der Waals surface area contributed by atoms with Crippen LogP contribution in [0.3, 0.4) is 0 Å². The minimum Gasteiger partial charge on any atom is -0.497 e. The van der Waals surface area contributed by atoms with Gasteiger partial charge >= 0.3 is 0 Å². The van der Waals surface area contributed by atoms with E-state index in [1.165, 1.54) is 0 Å². The fraction of sp³-hybridized carbons (Fsp3) is 0.478. The van der Waals surface area contributed by atoms with Crippen molar-refractivity contribution in [1.29, 1.82) is 0 Å². The number of aliphatic hydroxyl groups excluding tert-OH is 3. The van der Waals surface area contributed by atoms with Crippen molar-refractivity contribution in [2.45, 2.75) is 56.7 Å². The molecule has 1 saturated heterocycles. The minimum absolute atomic E-state index is 0.0137. The van der Waals surface area contributed by atoms with Gasteiger partial charge in [0.25, 0.3) is 0 Å². The summed E-state index contributed by atoms with van der Waals surface area (Å²) in [6.07, 6.45) is -1.87. The highest BCUT2D eigenvalue weighted by atomic mass is 35.5. The van der Waals surface area contributed by atoms with Crippen molar-refractivity contribution in [2.24, 2.45) is 0 Å². The summed E-state index contributed by atoms with van der Waals surface area (Å²) in [4.78, 5) is 0. The summed E-state index contributed by atoms with van der Waals surface area (Å²) in [5.41, 5.74) is 3.83. The predicted octanol–water partition coefficient (Wildman–Crippen LogP) is 2.81. The van der Waals surface area contributed by atoms with Gasteiger partial charge < -0.3 is 29.5 Å². The van der Waals surface area contributed by atoms with Gasteiger partial charge in [-0.2, -0.15) is 0 Å². The normalized spacial score (nSPS) is 28.1. The van der Waals surface area contributed by atoms with Crippen molar-refractivity contribution in [3.63, 3.8) is 0 Å². The Hall–Kier alpha value is -1.83. The number of benzene rings is 2. The molecule has 0 bridgehead atoms. The quantitative estimate of drug-likeness (QED) is 0.670. The van der Waals surface area contributed by atoms with Gasteiger partial charge in [-0.15, -0.1) is 0 Å². The molecule has 1 fully saturated rings. The maximum absolute atomic E-state index is 10.3. The van der Waals surface area contributed by atoms with Crippen LogP contribution in [-0.4, -0.2) is 53.5 Å². The third-order valence-electron chi connectivity index (χ3n) is 5.89. The first-order chi connectivity index (χ1) is 14.4. The number of ether oxygens (including phenoxy) is 3. The molecule has 2 aliphatic heterocycles. The summed E-state index contributed by atoms with van der Waals surface area (Å²) >= 11 is 6.73. The molecule has 4 unspecified atom stereocenters. The van der Waals surface area contributed by atoms with Crippen LogP contribution in [-0.2, 0) is 17.6 Å². The van der Waals surface area contributed by atoms with Gasteiger partial charge in [0.05, 0.1) is 30.9 Å². The van der Waals surface area contributed by atoms with Crippen molar-refractivity contribution in [1.82, 2.24) is 0 Å². The molecule has 2 aliphatic rings. The van der Waals surface area contributed by atoms with Crippen LogP contribution >= 0.6 is 11.6 Å². The highest BCUT2D eigenvalue weighted by Crippen LogP contribution is 2.45. The molecule has 0 aliphatic carbocycles. The lowest BCUT2D eigenvalue weighted by molar-refractivity contribution is -0.181. The molecule has 4 rings (SSSR count). The van der Waals surface area contributed by atoms with Crippen molar-refractivity contribution >= 4 is 11.6 Å². The smallest absolute Gasteiger partial charge is 0.142 e. The average molecular weight is 435 g/mol. The number of hydrogen-bond donors (Lipinski definition) is 3. The second-order valence-electron chi connectivity index (χ2n) is 8.04. The van der Waals surface area contributed by atoms with E-state index in [0.29, 0.717) is 23.6 Å². The van der Waals surface area contributed by atoms with Gasteiger partial charge in [-0.05, 0) is 42.2 Å². The van der Waals surface area contributed by atoms with E-state index >= 15 is 0 Å². The molecule has 5 atom stereocenters. The topological polar surface area (TPSA) is 88.4 Å². The Morgan fingerprint density at radius 2 is 1.93 bits per heavy atom. The molecule has 0 amide bonds. The molecule has 2 aromatic carbocycles. The molecule has 3 N–H and O–H groups in total. The Morgan fingerprint density at radius 1 is 1.20 bits per heavy atom. The first-order valence-corrected chi connectivity index (χ1v) is 10.5. The van der Waals surface area contributed by atoms with Crippen LogP contribution in [0.1, 0.15) is 41.7 Å². The van der Waals surface area contributed by atoms with Crippen LogP contribution in [0.25, 0.3) is 0 Å². The third kappa shape index (κ3) is 4.03. The van der Waals surface area contributed by atoms with Crippen LogP contribution in [0.2, 0.25) is 5.02 Å². The number of rotatable bonds is 5. The van der Waals surface area contributed by atoms with E-state index in [1.807, 2.05) is 37.3 Å². The molecule has 30 heavy (non-hydrogen) atoms. The molecule has 0 aromatic heterocycles. The van der Waals surface area contributed by atoms with Crippen LogP contribution in [0.5, 0.6) is 11.5 Å². The lowest BCUT2D eigenvalue weighted by Gasteiger charge is -2.37. The van der Waals surface area contributed by atoms with Crippen LogP contribution in [0, 0.1) is 0 Å². The van der Waals surface area contributed by atoms with E-state index in [1.54, 1.807) is 7.11 Å². The molecular formula is C23H27ClO6. The molecule has 162 valence electrons. The number of halogens is 1. The molecular weight excluding hydrogens is 408 g/mol. The zero-order valence-electron chi connectivity index (χ0n) is 17.0. The largest absolute Gasteiger partial charge is 0.497 e. The number of fused-ring (bicyclic) bond motifs is 1. The molecule has 2 heterocycles. The summed E-state index contributed by atoms with van der Waals surface area (Å²) in [7, 11) is 1.63. The molecule has 0 saturated carbocycles. The zero-order chi connectivity index (χ0) is 21.4. The van der Waals surface area contributed by atoms with Gasteiger partial charge in [-0.1, -0.05) is 29.8 Å². The summed E-state index contributed by atoms with van der Waals surface area (Å²) in [5, 5.41) is 30.5. The Kier molecular flexibility index (Phi) is 6.23. The Balaban J connectivity index is 1.71. The van der Waals surface area contributed by atoms with Crippen LogP contribution < -0.4 is 9.47 Å². The number of methoxy groups -OCH3 is 1. The summed E-state index contributed by atoms with van der Waals surface area (Å²) < 4.78 is 17.2. The summed E-state index contributed by atoms with van der Waals surface area (Å²) in [6.45, 7) is 1.62. The number of aliphatic hydroxyl groups is 3. The zero-order valence-corrected chi connectivity index (χ0v) is 17.8. The molecule has 6 nitrogen and oxygen atoms in total. The van der Waals surface area contributed by atoms with Crippen molar-refractivity contribution in [3.8, 4) is 11.5 Å². The van der Waals surface area contributed by atoms with Crippen LogP contribution in [0.4, 0.5) is 0 Å². The second-order valence-corrected chi connectivity index (χ2v) is 8.42. The third-order valence-corrected chi connectivity index (χ3v) is 6.31. The summed E-state index contributed by atoms with van der Waals surface area (Å²) in [5.74, 6) is 1.45. The SMILES string of the molecule is COc1ccc(Cc2cc(C3CC(O)[C@H](O)C(CO)O3)c3c(c2Cl)OC(C)C3)cc1. The lowest BCUT2D eigenvalue weighted by atomic mass is 9.88. The Labute approximate surface area is 181 Å². The van der Waals surface area contributed by atoms with Gasteiger partial charge in [-0.25, -0.2) is 0 Å². The first-order valence-electron chi connectivity index (χ1n) is 10.2. The first kappa shape index (κ1) is 21.4. The average Bonchev–Trinajstić information content (AvgIpc) is 3.14. The van der Waals surface area contributed by atoms with Gasteiger partial charge in [0.15, 0.2) is 0 Å². The fourth-order valence-corrected chi connectivity index (χ4v) is 4.58. The van der Waals surface area contributed by atoms with Crippen LogP contribution in [0.15, 0.2) is 30.3 Å². The lowest BCUT2D eigenvalue weighted by Crippen LogP contribution is -2.47. The predicted molar refractivity (Wildman–Crippen MR) is 112 cm³/mol. The van der Waals surface area contributed by atoms with E-state index < -0.39 is 24.4 Å². The molecule has 0 radical (unpaired) electrons. The molecule has 2 aromatic rings.